The highest BCUT2D eigenvalue weighted by molar-refractivity contribution is 8.00. The highest BCUT2D eigenvalue weighted by Crippen LogP contribution is 2.41. The zero-order chi connectivity index (χ0) is 34.9. The number of carboxylic acids is 2. The number of rotatable bonds is 8. The Hall–Kier alpha value is -4.64. The Balaban J connectivity index is 0.000000188. The molecule has 6 rings (SSSR count). The molecule has 0 bridgehead atoms. The number of hydrogen-bond donors (Lipinski definition) is 6. The van der Waals surface area contributed by atoms with Gasteiger partial charge in [0.1, 0.15) is 46.3 Å². The summed E-state index contributed by atoms with van der Waals surface area (Å²) in [5, 5.41) is 23.1. The van der Waals surface area contributed by atoms with Crippen molar-refractivity contribution in [2.45, 2.75) is 48.8 Å². The van der Waals surface area contributed by atoms with E-state index in [1.54, 1.807) is 62.4 Å². The minimum absolute atomic E-state index is 0.0154. The predicted molar refractivity (Wildman–Crippen MR) is 177 cm³/mol. The molecule has 0 aromatic heterocycles. The van der Waals surface area contributed by atoms with E-state index < -0.39 is 70.5 Å². The summed E-state index contributed by atoms with van der Waals surface area (Å²) in [5.41, 5.74) is 14.5. The SMILES string of the molecule is CC1=C(C(=O)O)N2C(=O)C(NC(=O)C(N)c3ccccc3)[C@@H]2SC1.CC1=C(C(=O)O)N2C(=O)[C@@H](NC(=O)[C@H](N)c3ccccc3)[C@H]2SC1. The number of benzene rings is 2. The van der Waals surface area contributed by atoms with Crippen molar-refractivity contribution >= 4 is 59.1 Å². The summed E-state index contributed by atoms with van der Waals surface area (Å²) in [6, 6.07) is 14.5. The van der Waals surface area contributed by atoms with Crippen LogP contribution in [0.5, 0.6) is 0 Å². The second-order valence-electron chi connectivity index (χ2n) is 11.4. The number of thioether (sulfide) groups is 2. The Labute approximate surface area is 283 Å². The average Bonchev–Trinajstić information content (AvgIpc) is 3.09. The lowest BCUT2D eigenvalue weighted by atomic mass is 10.0. The summed E-state index contributed by atoms with van der Waals surface area (Å²) in [7, 11) is 0. The molecule has 0 spiro atoms. The van der Waals surface area contributed by atoms with E-state index in [2.05, 4.69) is 10.6 Å². The lowest BCUT2D eigenvalue weighted by Crippen LogP contribution is -2.71. The number of nitrogens with one attached hydrogen (secondary N) is 2. The fourth-order valence-corrected chi connectivity index (χ4v) is 8.25. The minimum atomic E-state index is -1.13. The molecule has 4 aliphatic heterocycles. The highest BCUT2D eigenvalue weighted by Gasteiger charge is 2.55. The first kappa shape index (κ1) is 34.7. The third-order valence-corrected chi connectivity index (χ3v) is 11.0. The Morgan fingerprint density at radius 3 is 1.33 bits per heavy atom. The van der Waals surface area contributed by atoms with E-state index in [1.165, 1.54) is 33.3 Å². The first-order chi connectivity index (χ1) is 22.8. The Morgan fingerprint density at radius 1 is 0.688 bits per heavy atom. The topological polar surface area (TPSA) is 225 Å². The maximum atomic E-state index is 12.3. The van der Waals surface area contributed by atoms with Gasteiger partial charge in [0.15, 0.2) is 0 Å². The number of carbonyl (C=O) groups excluding carboxylic acids is 4. The second-order valence-corrected chi connectivity index (χ2v) is 13.6. The van der Waals surface area contributed by atoms with E-state index in [0.717, 1.165) is 0 Å². The van der Waals surface area contributed by atoms with Gasteiger partial charge in [-0.25, -0.2) is 9.59 Å². The molecule has 4 heterocycles. The summed E-state index contributed by atoms with van der Waals surface area (Å²) in [4.78, 5) is 74.4. The summed E-state index contributed by atoms with van der Waals surface area (Å²) in [5.74, 6) is -2.99. The lowest BCUT2D eigenvalue weighted by molar-refractivity contribution is -0.150. The molecular formula is C32H34N6O8S2. The molecule has 2 fully saturated rings. The molecule has 48 heavy (non-hydrogen) atoms. The summed E-state index contributed by atoms with van der Waals surface area (Å²) in [6.07, 6.45) is 0. The standard InChI is InChI=1S/2C16H17N3O4S/c2*1-8-7-24-15-11(14(21)19(15)12(8)16(22)23)18-13(20)10(17)9-5-3-2-4-6-9/h2*2-6,10-11,15H,7,17H2,1H3,(H,18,20)(H,22,23)/t10?,11?,15-;10-,11-,15-/m01/s1. The van der Waals surface area contributed by atoms with Crippen LogP contribution in [0.3, 0.4) is 0 Å². The maximum Gasteiger partial charge on any atom is 0.352 e. The first-order valence-electron chi connectivity index (χ1n) is 14.8. The Kier molecular flexibility index (Phi) is 10.3. The molecule has 6 atom stereocenters. The van der Waals surface area contributed by atoms with Gasteiger partial charge in [0.25, 0.3) is 11.8 Å². The number of β-lactam (4-membered cyclic amide) rings is 2. The van der Waals surface area contributed by atoms with Crippen LogP contribution in [0.2, 0.25) is 0 Å². The van der Waals surface area contributed by atoms with Crippen molar-refractivity contribution in [1.29, 1.82) is 0 Å². The third-order valence-electron chi connectivity index (χ3n) is 8.20. The molecule has 2 aromatic carbocycles. The Morgan fingerprint density at radius 2 is 1.02 bits per heavy atom. The zero-order valence-corrected chi connectivity index (χ0v) is 27.5. The molecule has 2 unspecified atom stereocenters. The van der Waals surface area contributed by atoms with Gasteiger partial charge in [-0.3, -0.25) is 29.0 Å². The molecule has 4 aliphatic rings. The van der Waals surface area contributed by atoms with Crippen LogP contribution in [0.25, 0.3) is 0 Å². The number of amides is 4. The number of hydrogen-bond acceptors (Lipinski definition) is 10. The first-order valence-corrected chi connectivity index (χ1v) is 16.9. The average molecular weight is 695 g/mol. The number of carboxylic acid groups (broad SMARTS) is 2. The molecule has 14 nitrogen and oxygen atoms in total. The number of fused-ring (bicyclic) bond motifs is 2. The molecule has 0 radical (unpaired) electrons. The van der Waals surface area contributed by atoms with Crippen LogP contribution >= 0.6 is 23.5 Å². The number of carbonyl (C=O) groups is 6. The molecule has 0 aliphatic carbocycles. The molecule has 2 aromatic rings. The van der Waals surface area contributed by atoms with Crippen molar-refractivity contribution < 1.29 is 39.0 Å². The van der Waals surface area contributed by atoms with Gasteiger partial charge < -0.3 is 32.3 Å². The van der Waals surface area contributed by atoms with Gasteiger partial charge in [-0.15, -0.1) is 23.5 Å². The number of aliphatic carboxylic acids is 2. The van der Waals surface area contributed by atoms with Gasteiger partial charge in [0.2, 0.25) is 11.8 Å². The monoisotopic (exact) mass is 694 g/mol. The molecule has 16 heteroatoms. The smallest absolute Gasteiger partial charge is 0.352 e. The van der Waals surface area contributed by atoms with Crippen molar-refractivity contribution in [3.05, 3.63) is 94.3 Å². The van der Waals surface area contributed by atoms with Gasteiger partial charge in [-0.05, 0) is 36.1 Å². The van der Waals surface area contributed by atoms with Crippen molar-refractivity contribution in [3.8, 4) is 0 Å². The van der Waals surface area contributed by atoms with Crippen molar-refractivity contribution in [3.63, 3.8) is 0 Å². The number of nitrogens with two attached hydrogens (primary N) is 2. The van der Waals surface area contributed by atoms with E-state index in [1.807, 2.05) is 12.1 Å². The fraction of sp³-hybridized carbons (Fsp3) is 0.312. The van der Waals surface area contributed by atoms with Crippen LogP contribution in [0.15, 0.2) is 83.2 Å². The van der Waals surface area contributed by atoms with Gasteiger partial charge in [-0.1, -0.05) is 60.7 Å². The van der Waals surface area contributed by atoms with Crippen LogP contribution in [0, 0.1) is 0 Å². The van der Waals surface area contributed by atoms with Gasteiger partial charge in [0, 0.05) is 11.5 Å². The third kappa shape index (κ3) is 6.56. The summed E-state index contributed by atoms with van der Waals surface area (Å²) < 4.78 is 0. The van der Waals surface area contributed by atoms with Crippen LogP contribution in [-0.2, 0) is 28.8 Å². The molecule has 2 saturated heterocycles. The van der Waals surface area contributed by atoms with Crippen LogP contribution in [0.4, 0.5) is 0 Å². The number of nitrogens with zero attached hydrogens (tertiary/aromatic N) is 2. The molecule has 0 saturated carbocycles. The van der Waals surface area contributed by atoms with Gasteiger partial charge in [0.05, 0.1) is 0 Å². The van der Waals surface area contributed by atoms with E-state index in [4.69, 9.17) is 11.5 Å². The van der Waals surface area contributed by atoms with Crippen molar-refractivity contribution in [2.75, 3.05) is 11.5 Å². The van der Waals surface area contributed by atoms with Crippen molar-refractivity contribution in [1.82, 2.24) is 20.4 Å². The fourth-order valence-electron chi connectivity index (χ4n) is 5.66. The van der Waals surface area contributed by atoms with E-state index in [-0.39, 0.29) is 11.4 Å². The van der Waals surface area contributed by atoms with Crippen molar-refractivity contribution in [2.24, 2.45) is 11.5 Å². The van der Waals surface area contributed by atoms with E-state index >= 15 is 0 Å². The van der Waals surface area contributed by atoms with E-state index in [9.17, 15) is 39.0 Å². The van der Waals surface area contributed by atoms with E-state index in [0.29, 0.717) is 33.8 Å². The maximum absolute atomic E-state index is 12.3. The summed E-state index contributed by atoms with van der Waals surface area (Å²) >= 11 is 2.86. The molecular weight excluding hydrogens is 661 g/mol. The van der Waals surface area contributed by atoms with Gasteiger partial charge in [-0.2, -0.15) is 0 Å². The largest absolute Gasteiger partial charge is 0.477 e. The Bertz CT molecular complexity index is 1590. The second kappa shape index (κ2) is 14.2. The minimum Gasteiger partial charge on any atom is -0.477 e. The normalized spacial score (nSPS) is 24.1. The van der Waals surface area contributed by atoms with Crippen LogP contribution in [-0.4, -0.2) is 89.9 Å². The molecule has 252 valence electrons. The van der Waals surface area contributed by atoms with Crippen LogP contribution in [0.1, 0.15) is 37.1 Å². The quantitative estimate of drug-likeness (QED) is 0.212. The molecule has 4 amide bonds. The lowest BCUT2D eigenvalue weighted by Gasteiger charge is -2.49. The molecule has 8 N–H and O–H groups in total. The predicted octanol–water partition coefficient (Wildman–Crippen LogP) is 0.890. The highest BCUT2D eigenvalue weighted by atomic mass is 32.2. The van der Waals surface area contributed by atoms with Crippen LogP contribution < -0.4 is 22.1 Å². The van der Waals surface area contributed by atoms with Gasteiger partial charge >= 0.3 is 11.9 Å². The summed E-state index contributed by atoms with van der Waals surface area (Å²) in [6.45, 7) is 3.38. The zero-order valence-electron chi connectivity index (χ0n) is 25.9.